The van der Waals surface area contributed by atoms with Gasteiger partial charge >= 0.3 is 0 Å². The molecule has 0 fully saturated rings. The summed E-state index contributed by atoms with van der Waals surface area (Å²) in [5, 5.41) is 9.44. The van der Waals surface area contributed by atoms with Gasteiger partial charge < -0.3 is 10.2 Å². The molecule has 6 nitrogen and oxygen atoms in total. The predicted octanol–water partition coefficient (Wildman–Crippen LogP) is 2.51. The lowest BCUT2D eigenvalue weighted by molar-refractivity contribution is -0.129. The van der Waals surface area contributed by atoms with Crippen LogP contribution in [-0.2, 0) is 16.1 Å². The Morgan fingerprint density at radius 3 is 2.70 bits per heavy atom. The summed E-state index contributed by atoms with van der Waals surface area (Å²) in [6.45, 7) is 2.39. The number of hydrogen-bond donors (Lipinski definition) is 2. The fourth-order valence-electron chi connectivity index (χ4n) is 2.11. The van der Waals surface area contributed by atoms with Crippen LogP contribution >= 0.6 is 11.8 Å². The van der Waals surface area contributed by atoms with E-state index in [4.69, 9.17) is 0 Å². The van der Waals surface area contributed by atoms with Gasteiger partial charge in [-0.05, 0) is 11.8 Å². The minimum atomic E-state index is -0.149. The van der Waals surface area contributed by atoms with Gasteiger partial charge in [0.25, 0.3) is 0 Å². The highest BCUT2D eigenvalue weighted by Gasteiger charge is 2.13. The van der Waals surface area contributed by atoms with Crippen LogP contribution in [0.1, 0.15) is 18.9 Å². The maximum absolute atomic E-state index is 12.1. The molecule has 1 heterocycles. The van der Waals surface area contributed by atoms with Crippen LogP contribution in [0.5, 0.6) is 0 Å². The predicted molar refractivity (Wildman–Crippen MR) is 91.1 cm³/mol. The zero-order valence-electron chi connectivity index (χ0n) is 13.2. The molecule has 0 saturated carbocycles. The van der Waals surface area contributed by atoms with Crippen LogP contribution in [0.25, 0.3) is 0 Å². The van der Waals surface area contributed by atoms with Crippen molar-refractivity contribution in [1.82, 2.24) is 15.1 Å². The van der Waals surface area contributed by atoms with E-state index in [2.05, 4.69) is 15.5 Å². The Labute approximate surface area is 139 Å². The third kappa shape index (κ3) is 5.14. The quantitative estimate of drug-likeness (QED) is 0.764. The number of carbonyl (C=O) groups excluding carboxylic acids is 2. The fourth-order valence-corrected chi connectivity index (χ4v) is 2.57. The smallest absolute Gasteiger partial charge is 0.227 e. The largest absolute Gasteiger partial charge is 0.338 e. The number of aromatic nitrogens is 2. The molecule has 0 aliphatic rings. The van der Waals surface area contributed by atoms with Crippen LogP contribution < -0.4 is 5.32 Å². The molecular weight excluding hydrogens is 312 g/mol. The summed E-state index contributed by atoms with van der Waals surface area (Å²) in [4.78, 5) is 26.3. The molecule has 7 heteroatoms. The van der Waals surface area contributed by atoms with Crippen LogP contribution in [0.3, 0.4) is 0 Å². The van der Waals surface area contributed by atoms with Crippen LogP contribution in [-0.4, -0.2) is 39.7 Å². The summed E-state index contributed by atoms with van der Waals surface area (Å²) in [6, 6.07) is 9.73. The number of H-pyrrole nitrogens is 1. The van der Waals surface area contributed by atoms with E-state index in [9.17, 15) is 9.59 Å². The second-order valence-electron chi connectivity index (χ2n) is 5.04. The van der Waals surface area contributed by atoms with Gasteiger partial charge in [-0.3, -0.25) is 14.7 Å². The van der Waals surface area contributed by atoms with E-state index in [1.807, 2.05) is 36.6 Å². The molecule has 0 aliphatic heterocycles. The first-order valence-corrected chi connectivity index (χ1v) is 8.49. The average molecular weight is 332 g/mol. The molecule has 0 aliphatic carbocycles. The minimum Gasteiger partial charge on any atom is -0.338 e. The van der Waals surface area contributed by atoms with Crippen molar-refractivity contribution in [3.8, 4) is 0 Å². The molecule has 2 aromatic rings. The lowest BCUT2D eigenvalue weighted by Crippen LogP contribution is -2.31. The number of hydrogen-bond acceptors (Lipinski definition) is 4. The number of anilines is 1. The number of amides is 2. The summed E-state index contributed by atoms with van der Waals surface area (Å²) < 4.78 is 0. The Hall–Kier alpha value is -2.28. The van der Waals surface area contributed by atoms with Gasteiger partial charge in [-0.1, -0.05) is 30.3 Å². The standard InChI is InChI=1S/C16H20N4O2S/c1-12(21)20(11-13-6-4-3-5-7-13)9-8-15(22)18-16-14(23-2)10-17-19-16/h3-7,10H,8-9,11H2,1-2H3,(H2,17,18,19,22). The maximum Gasteiger partial charge on any atom is 0.227 e. The Balaban J connectivity index is 1.88. The molecule has 2 amide bonds. The van der Waals surface area contributed by atoms with E-state index in [0.29, 0.717) is 18.9 Å². The molecule has 0 bridgehead atoms. The minimum absolute atomic E-state index is 0.0482. The normalized spacial score (nSPS) is 10.3. The molecule has 122 valence electrons. The summed E-state index contributed by atoms with van der Waals surface area (Å²) in [7, 11) is 0. The van der Waals surface area contributed by atoms with Crippen molar-refractivity contribution in [2.75, 3.05) is 18.1 Å². The van der Waals surface area contributed by atoms with E-state index < -0.39 is 0 Å². The average Bonchev–Trinajstić information content (AvgIpc) is 2.99. The molecule has 0 radical (unpaired) electrons. The van der Waals surface area contributed by atoms with Crippen molar-refractivity contribution in [3.63, 3.8) is 0 Å². The van der Waals surface area contributed by atoms with Crippen molar-refractivity contribution < 1.29 is 9.59 Å². The molecule has 23 heavy (non-hydrogen) atoms. The zero-order chi connectivity index (χ0) is 16.7. The Morgan fingerprint density at radius 2 is 2.04 bits per heavy atom. The molecule has 1 aromatic heterocycles. The lowest BCUT2D eigenvalue weighted by atomic mass is 10.2. The van der Waals surface area contributed by atoms with Crippen LogP contribution in [0, 0.1) is 0 Å². The Morgan fingerprint density at radius 1 is 1.30 bits per heavy atom. The van der Waals surface area contributed by atoms with Gasteiger partial charge in [0.2, 0.25) is 11.8 Å². The first-order chi connectivity index (χ1) is 11.1. The number of aromatic amines is 1. The van der Waals surface area contributed by atoms with Gasteiger partial charge in [-0.2, -0.15) is 5.10 Å². The monoisotopic (exact) mass is 332 g/mol. The first kappa shape index (κ1) is 17.1. The van der Waals surface area contributed by atoms with Crippen molar-refractivity contribution in [2.24, 2.45) is 0 Å². The maximum atomic E-state index is 12.1. The highest BCUT2D eigenvalue weighted by molar-refractivity contribution is 7.98. The van der Waals surface area contributed by atoms with E-state index in [-0.39, 0.29) is 18.2 Å². The molecule has 0 spiro atoms. The van der Waals surface area contributed by atoms with Crippen molar-refractivity contribution >= 4 is 29.4 Å². The molecule has 0 unspecified atom stereocenters. The number of rotatable bonds is 7. The molecule has 0 saturated heterocycles. The van der Waals surface area contributed by atoms with Crippen LogP contribution in [0.2, 0.25) is 0 Å². The van der Waals surface area contributed by atoms with Crippen molar-refractivity contribution in [3.05, 3.63) is 42.1 Å². The number of nitrogens with zero attached hydrogens (tertiary/aromatic N) is 2. The van der Waals surface area contributed by atoms with E-state index in [1.54, 1.807) is 11.1 Å². The number of thioether (sulfide) groups is 1. The number of nitrogens with one attached hydrogen (secondary N) is 2. The Bertz CT molecular complexity index is 657. The fraction of sp³-hybridized carbons (Fsp3) is 0.312. The molecule has 1 aromatic carbocycles. The van der Waals surface area contributed by atoms with Crippen LogP contribution in [0.4, 0.5) is 5.82 Å². The topological polar surface area (TPSA) is 78.1 Å². The van der Waals surface area contributed by atoms with Crippen molar-refractivity contribution in [2.45, 2.75) is 24.8 Å². The zero-order valence-corrected chi connectivity index (χ0v) is 14.0. The summed E-state index contributed by atoms with van der Waals surface area (Å²) in [5.41, 5.74) is 1.04. The van der Waals surface area contributed by atoms with E-state index in [0.717, 1.165) is 10.5 Å². The second kappa shape index (κ2) is 8.38. The van der Waals surface area contributed by atoms with E-state index in [1.165, 1.54) is 18.7 Å². The number of benzene rings is 1. The molecule has 2 rings (SSSR count). The summed E-state index contributed by atoms with van der Waals surface area (Å²) >= 11 is 1.50. The summed E-state index contributed by atoms with van der Waals surface area (Å²) in [5.74, 6) is 0.400. The number of carbonyl (C=O) groups is 2. The van der Waals surface area contributed by atoms with Gasteiger partial charge in [-0.25, -0.2) is 0 Å². The van der Waals surface area contributed by atoms with Gasteiger partial charge in [-0.15, -0.1) is 11.8 Å². The van der Waals surface area contributed by atoms with Gasteiger partial charge in [0.15, 0.2) is 0 Å². The van der Waals surface area contributed by atoms with Gasteiger partial charge in [0.05, 0.1) is 11.1 Å². The third-order valence-corrected chi connectivity index (χ3v) is 4.11. The van der Waals surface area contributed by atoms with Crippen LogP contribution in [0.15, 0.2) is 41.4 Å². The highest BCUT2D eigenvalue weighted by Crippen LogP contribution is 2.21. The molecule has 0 atom stereocenters. The lowest BCUT2D eigenvalue weighted by Gasteiger charge is -2.20. The molecular formula is C16H20N4O2S. The second-order valence-corrected chi connectivity index (χ2v) is 5.89. The SMILES string of the molecule is CSc1cn[nH]c1NC(=O)CCN(Cc1ccccc1)C(C)=O. The summed E-state index contributed by atoms with van der Waals surface area (Å²) in [6.07, 6.45) is 3.81. The third-order valence-electron chi connectivity index (χ3n) is 3.36. The van der Waals surface area contributed by atoms with E-state index >= 15 is 0 Å². The highest BCUT2D eigenvalue weighted by atomic mass is 32.2. The van der Waals surface area contributed by atoms with Gasteiger partial charge in [0.1, 0.15) is 5.82 Å². The first-order valence-electron chi connectivity index (χ1n) is 7.26. The van der Waals surface area contributed by atoms with Crippen molar-refractivity contribution in [1.29, 1.82) is 0 Å². The van der Waals surface area contributed by atoms with Gasteiger partial charge in [0, 0.05) is 26.4 Å². The molecule has 2 N–H and O–H groups in total. The Kier molecular flexibility index (Phi) is 6.22.